The Labute approximate surface area is 121 Å². The molecule has 1 N–H and O–H groups in total. The number of para-hydroxylation sites is 1. The molecule has 1 aromatic carbocycles. The van der Waals surface area contributed by atoms with Crippen LogP contribution in [0.25, 0.3) is 0 Å². The first-order chi connectivity index (χ1) is 8.97. The Morgan fingerprint density at radius 2 is 1.95 bits per heavy atom. The van der Waals surface area contributed by atoms with Gasteiger partial charge in [-0.3, -0.25) is 0 Å². The van der Waals surface area contributed by atoms with Gasteiger partial charge in [-0.1, -0.05) is 32.9 Å². The van der Waals surface area contributed by atoms with Crippen LogP contribution in [0.15, 0.2) is 29.2 Å². The zero-order chi connectivity index (χ0) is 13.7. The second kappa shape index (κ2) is 4.44. The highest BCUT2D eigenvalue weighted by atomic mass is 32.2. The summed E-state index contributed by atoms with van der Waals surface area (Å²) in [5, 5.41) is 3.90. The lowest BCUT2D eigenvalue weighted by molar-refractivity contribution is 0.155. The van der Waals surface area contributed by atoms with Gasteiger partial charge in [-0.15, -0.1) is 11.8 Å². The average Bonchev–Trinajstić information content (AvgIpc) is 2.86. The molecule has 3 atom stereocenters. The third-order valence-corrected chi connectivity index (χ3v) is 6.47. The number of fused-ring (bicyclic) bond motifs is 2. The van der Waals surface area contributed by atoms with Crippen LogP contribution in [0.5, 0.6) is 0 Å². The number of anilines is 1. The number of nitrogens with one attached hydrogen (secondary N) is 1. The van der Waals surface area contributed by atoms with E-state index in [1.54, 1.807) is 0 Å². The fourth-order valence-electron chi connectivity index (χ4n) is 4.58. The molecule has 0 aromatic heterocycles. The summed E-state index contributed by atoms with van der Waals surface area (Å²) in [4.78, 5) is 1.37. The smallest absolute Gasteiger partial charge is 0.0480 e. The molecular weight excluding hydrogens is 250 g/mol. The van der Waals surface area contributed by atoms with Crippen LogP contribution in [0.3, 0.4) is 0 Å². The van der Waals surface area contributed by atoms with Crippen molar-refractivity contribution in [2.45, 2.75) is 51.0 Å². The third kappa shape index (κ3) is 1.99. The molecule has 0 radical (unpaired) electrons. The Morgan fingerprint density at radius 3 is 2.58 bits per heavy atom. The molecule has 0 saturated heterocycles. The van der Waals surface area contributed by atoms with Gasteiger partial charge in [0, 0.05) is 16.6 Å². The molecule has 104 valence electrons. The summed E-state index contributed by atoms with van der Waals surface area (Å²) in [5.41, 5.74) is 2.22. The van der Waals surface area contributed by atoms with Crippen LogP contribution in [-0.2, 0) is 0 Å². The second-order valence-corrected chi connectivity index (χ2v) is 8.04. The van der Waals surface area contributed by atoms with Crippen LogP contribution in [0.4, 0.5) is 5.69 Å². The fraction of sp³-hybridized carbons (Fsp3) is 0.647. The first-order valence-corrected chi connectivity index (χ1v) is 8.59. The minimum Gasteiger partial charge on any atom is -0.380 e. The zero-order valence-corrected chi connectivity index (χ0v) is 13.3. The van der Waals surface area contributed by atoms with Crippen molar-refractivity contribution < 1.29 is 0 Å². The normalized spacial score (nSPS) is 35.6. The molecule has 3 rings (SSSR count). The quantitative estimate of drug-likeness (QED) is 0.776. The molecule has 2 saturated carbocycles. The largest absolute Gasteiger partial charge is 0.380 e. The molecule has 1 nitrogen and oxygen atoms in total. The van der Waals surface area contributed by atoms with Gasteiger partial charge >= 0.3 is 0 Å². The molecule has 0 aliphatic heterocycles. The van der Waals surface area contributed by atoms with Gasteiger partial charge in [-0.25, -0.2) is 0 Å². The molecule has 19 heavy (non-hydrogen) atoms. The van der Waals surface area contributed by atoms with Crippen molar-refractivity contribution in [1.82, 2.24) is 0 Å². The molecular formula is C17H25NS. The van der Waals surface area contributed by atoms with E-state index in [2.05, 4.69) is 56.6 Å². The van der Waals surface area contributed by atoms with Crippen molar-refractivity contribution in [2.24, 2.45) is 16.7 Å². The van der Waals surface area contributed by atoms with Crippen molar-refractivity contribution in [3.8, 4) is 0 Å². The number of hydrogen-bond donors (Lipinski definition) is 1. The summed E-state index contributed by atoms with van der Waals surface area (Å²) in [6, 6.07) is 9.33. The Balaban J connectivity index is 1.90. The highest BCUT2D eigenvalue weighted by Gasteiger charge is 2.59. The third-order valence-electron chi connectivity index (χ3n) is 5.68. The Morgan fingerprint density at radius 1 is 1.21 bits per heavy atom. The summed E-state index contributed by atoms with van der Waals surface area (Å²) < 4.78 is 0. The summed E-state index contributed by atoms with van der Waals surface area (Å²) in [6.45, 7) is 7.41. The van der Waals surface area contributed by atoms with Crippen molar-refractivity contribution >= 4 is 17.4 Å². The van der Waals surface area contributed by atoms with E-state index in [0.717, 1.165) is 5.92 Å². The van der Waals surface area contributed by atoms with Gasteiger partial charge in [0.25, 0.3) is 0 Å². The van der Waals surface area contributed by atoms with E-state index in [-0.39, 0.29) is 0 Å². The number of thioether (sulfide) groups is 1. The molecule has 0 amide bonds. The molecule has 0 spiro atoms. The molecule has 0 heterocycles. The first kappa shape index (κ1) is 13.4. The van der Waals surface area contributed by atoms with Crippen molar-refractivity contribution in [3.63, 3.8) is 0 Å². The topological polar surface area (TPSA) is 12.0 Å². The van der Waals surface area contributed by atoms with Gasteiger partial charge in [0.1, 0.15) is 0 Å². The Bertz CT molecular complexity index is 477. The summed E-state index contributed by atoms with van der Waals surface area (Å²) in [7, 11) is 0. The maximum Gasteiger partial charge on any atom is 0.0480 e. The number of benzene rings is 1. The van der Waals surface area contributed by atoms with Gasteiger partial charge in [-0.2, -0.15) is 0 Å². The maximum atomic E-state index is 3.90. The highest BCUT2D eigenvalue weighted by molar-refractivity contribution is 7.98. The maximum absolute atomic E-state index is 3.90. The van der Waals surface area contributed by atoms with Gasteiger partial charge in [0.15, 0.2) is 0 Å². The Kier molecular flexibility index (Phi) is 3.12. The molecule has 2 aliphatic rings. The van der Waals surface area contributed by atoms with Crippen molar-refractivity contribution in [1.29, 1.82) is 0 Å². The minimum absolute atomic E-state index is 0.415. The van der Waals surface area contributed by atoms with E-state index in [4.69, 9.17) is 0 Å². The van der Waals surface area contributed by atoms with E-state index in [0.29, 0.717) is 16.9 Å². The van der Waals surface area contributed by atoms with Gasteiger partial charge in [-0.05, 0) is 54.4 Å². The number of hydrogen-bond acceptors (Lipinski definition) is 2. The monoisotopic (exact) mass is 275 g/mol. The van der Waals surface area contributed by atoms with E-state index in [9.17, 15) is 0 Å². The Hall–Kier alpha value is -0.630. The lowest BCUT2D eigenvalue weighted by Gasteiger charge is -2.44. The molecule has 2 aliphatic carbocycles. The predicted octanol–water partition coefficient (Wildman–Crippen LogP) is 5.04. The van der Waals surface area contributed by atoms with E-state index in [1.165, 1.54) is 29.8 Å². The highest BCUT2D eigenvalue weighted by Crippen LogP contribution is 2.63. The predicted molar refractivity (Wildman–Crippen MR) is 84.9 cm³/mol. The molecule has 2 fully saturated rings. The number of rotatable bonds is 3. The van der Waals surface area contributed by atoms with E-state index < -0.39 is 0 Å². The fourth-order valence-corrected chi connectivity index (χ4v) is 5.14. The first-order valence-electron chi connectivity index (χ1n) is 7.37. The van der Waals surface area contributed by atoms with Gasteiger partial charge < -0.3 is 5.32 Å². The van der Waals surface area contributed by atoms with Crippen LogP contribution in [-0.4, -0.2) is 12.3 Å². The molecule has 1 unspecified atom stereocenters. The standard InChI is InChI=1S/C17H25NS/c1-16(2)12-9-10-17(3,11-12)15(16)18-13-7-5-6-8-14(13)19-4/h5-8,12,15,18H,9-11H2,1-4H3/t12-,15?,17+/m0/s1. The summed E-state index contributed by atoms with van der Waals surface area (Å²) in [6.07, 6.45) is 6.37. The van der Waals surface area contributed by atoms with Crippen LogP contribution >= 0.6 is 11.8 Å². The SMILES string of the molecule is CSc1ccccc1NC1C(C)(C)[C@H]2CC[C@]1(C)C2. The van der Waals surface area contributed by atoms with E-state index in [1.807, 2.05) is 11.8 Å². The van der Waals surface area contributed by atoms with E-state index >= 15 is 0 Å². The van der Waals surface area contributed by atoms with Crippen molar-refractivity contribution in [3.05, 3.63) is 24.3 Å². The summed E-state index contributed by atoms with van der Waals surface area (Å²) in [5.74, 6) is 0.899. The van der Waals surface area contributed by atoms with Crippen molar-refractivity contribution in [2.75, 3.05) is 11.6 Å². The second-order valence-electron chi connectivity index (χ2n) is 7.19. The molecule has 1 aromatic rings. The van der Waals surface area contributed by atoms with Gasteiger partial charge in [0.2, 0.25) is 0 Å². The van der Waals surface area contributed by atoms with Crippen LogP contribution < -0.4 is 5.32 Å². The molecule has 2 heteroatoms. The lowest BCUT2D eigenvalue weighted by atomic mass is 9.68. The summed E-state index contributed by atoms with van der Waals surface area (Å²) >= 11 is 1.84. The van der Waals surface area contributed by atoms with Crippen LogP contribution in [0.1, 0.15) is 40.0 Å². The molecule has 2 bridgehead atoms. The van der Waals surface area contributed by atoms with Crippen LogP contribution in [0, 0.1) is 16.7 Å². The van der Waals surface area contributed by atoms with Crippen LogP contribution in [0.2, 0.25) is 0 Å². The zero-order valence-electron chi connectivity index (χ0n) is 12.5. The van der Waals surface area contributed by atoms with Gasteiger partial charge in [0.05, 0.1) is 0 Å². The minimum atomic E-state index is 0.415. The lowest BCUT2D eigenvalue weighted by Crippen LogP contribution is -2.45. The average molecular weight is 275 g/mol.